The molecular weight excluding hydrogens is 346 g/mol. The van der Waals surface area contributed by atoms with Crippen molar-refractivity contribution in [1.29, 1.82) is 0 Å². The number of piperidine rings is 1. The van der Waals surface area contributed by atoms with Gasteiger partial charge in [0.2, 0.25) is 0 Å². The van der Waals surface area contributed by atoms with Gasteiger partial charge in [-0.3, -0.25) is 4.90 Å². The predicted molar refractivity (Wildman–Crippen MR) is 117 cm³/mol. The molecule has 0 bridgehead atoms. The molecule has 0 radical (unpaired) electrons. The number of ether oxygens (including phenoxy) is 2. The van der Waals surface area contributed by atoms with Crippen LogP contribution in [0.1, 0.15) is 50.5 Å². The molecule has 0 N–H and O–H groups in total. The minimum absolute atomic E-state index is 0.548. The Bertz CT molecular complexity index is 822. The second-order valence-corrected chi connectivity index (χ2v) is 8.36. The normalized spacial score (nSPS) is 22.4. The molecule has 0 aromatic heterocycles. The van der Waals surface area contributed by atoms with Crippen molar-refractivity contribution >= 4 is 16.3 Å². The average molecular weight is 380 g/mol. The highest BCUT2D eigenvalue weighted by Gasteiger charge is 2.29. The second-order valence-electron chi connectivity index (χ2n) is 8.36. The van der Waals surface area contributed by atoms with Gasteiger partial charge >= 0.3 is 0 Å². The van der Waals surface area contributed by atoms with Gasteiger partial charge in [0.05, 0.1) is 20.5 Å². The van der Waals surface area contributed by atoms with Gasteiger partial charge in [0.15, 0.2) is 0 Å². The standard InChI is InChI=1S/C25H33NO2/c1-27-18-25(21-11-10-20-16-24(28-2)13-12-19(20)15-21)22-7-6-14-26(17-22)23-8-4-3-5-9-23/h10-13,15-16,18,22-23H,3-9,14,17H2,1-2H3/b25-18-. The van der Waals surface area contributed by atoms with E-state index in [1.165, 1.54) is 79.9 Å². The van der Waals surface area contributed by atoms with Gasteiger partial charge in [-0.05, 0) is 72.3 Å². The van der Waals surface area contributed by atoms with Gasteiger partial charge in [-0.1, -0.05) is 37.5 Å². The van der Waals surface area contributed by atoms with E-state index in [-0.39, 0.29) is 0 Å². The van der Waals surface area contributed by atoms with Crippen molar-refractivity contribution in [2.75, 3.05) is 27.3 Å². The lowest BCUT2D eigenvalue weighted by Gasteiger charge is -2.40. The first-order valence-corrected chi connectivity index (χ1v) is 10.8. The van der Waals surface area contributed by atoms with Crippen LogP contribution in [-0.4, -0.2) is 38.3 Å². The molecule has 1 aliphatic carbocycles. The molecule has 2 aromatic carbocycles. The Labute approximate surface area is 169 Å². The van der Waals surface area contributed by atoms with E-state index in [1.807, 2.05) is 12.3 Å². The van der Waals surface area contributed by atoms with Crippen molar-refractivity contribution in [2.24, 2.45) is 5.92 Å². The predicted octanol–water partition coefficient (Wildman–Crippen LogP) is 5.88. The summed E-state index contributed by atoms with van der Waals surface area (Å²) in [5, 5.41) is 2.47. The molecule has 2 fully saturated rings. The minimum Gasteiger partial charge on any atom is -0.504 e. The zero-order chi connectivity index (χ0) is 19.3. The summed E-state index contributed by atoms with van der Waals surface area (Å²) in [5.41, 5.74) is 2.63. The number of likely N-dealkylation sites (tertiary alicyclic amines) is 1. The van der Waals surface area contributed by atoms with Gasteiger partial charge in [0, 0.05) is 18.5 Å². The first kappa shape index (κ1) is 19.3. The van der Waals surface area contributed by atoms with E-state index in [4.69, 9.17) is 9.47 Å². The number of hydrogen-bond acceptors (Lipinski definition) is 3. The Morgan fingerprint density at radius 3 is 2.50 bits per heavy atom. The average Bonchev–Trinajstić information content (AvgIpc) is 2.77. The molecule has 150 valence electrons. The van der Waals surface area contributed by atoms with E-state index >= 15 is 0 Å². The highest BCUT2D eigenvalue weighted by molar-refractivity contribution is 5.87. The van der Waals surface area contributed by atoms with Crippen molar-refractivity contribution in [3.8, 4) is 5.75 Å². The maximum atomic E-state index is 5.54. The summed E-state index contributed by atoms with van der Waals surface area (Å²) in [6.45, 7) is 2.43. The molecule has 1 aliphatic heterocycles. The number of fused-ring (bicyclic) bond motifs is 1. The number of rotatable bonds is 5. The maximum absolute atomic E-state index is 5.54. The Hall–Kier alpha value is -2.00. The van der Waals surface area contributed by atoms with Crippen LogP contribution < -0.4 is 4.74 Å². The summed E-state index contributed by atoms with van der Waals surface area (Å²) < 4.78 is 10.9. The van der Waals surface area contributed by atoms with Gasteiger partial charge in [0.1, 0.15) is 5.75 Å². The Kier molecular flexibility index (Phi) is 6.21. The molecule has 3 heteroatoms. The van der Waals surface area contributed by atoms with Crippen molar-refractivity contribution in [1.82, 2.24) is 4.90 Å². The van der Waals surface area contributed by atoms with Crippen molar-refractivity contribution < 1.29 is 9.47 Å². The fourth-order valence-electron chi connectivity index (χ4n) is 5.10. The smallest absolute Gasteiger partial charge is 0.119 e. The highest BCUT2D eigenvalue weighted by atomic mass is 16.5. The Balaban J connectivity index is 1.58. The lowest BCUT2D eigenvalue weighted by molar-refractivity contribution is 0.113. The molecule has 2 aromatic rings. The molecule has 1 heterocycles. The molecule has 0 amide bonds. The first-order chi connectivity index (χ1) is 13.8. The van der Waals surface area contributed by atoms with Crippen molar-refractivity contribution in [2.45, 2.75) is 51.0 Å². The van der Waals surface area contributed by atoms with Crippen molar-refractivity contribution in [3.05, 3.63) is 48.2 Å². The largest absolute Gasteiger partial charge is 0.504 e. The van der Waals surface area contributed by atoms with Gasteiger partial charge in [-0.25, -0.2) is 0 Å². The first-order valence-electron chi connectivity index (χ1n) is 10.8. The lowest BCUT2D eigenvalue weighted by atomic mass is 9.84. The molecule has 28 heavy (non-hydrogen) atoms. The quantitative estimate of drug-likeness (QED) is 0.606. The van der Waals surface area contributed by atoms with Crippen LogP contribution in [0.15, 0.2) is 42.7 Å². The van der Waals surface area contributed by atoms with E-state index < -0.39 is 0 Å². The van der Waals surface area contributed by atoms with Gasteiger partial charge in [-0.2, -0.15) is 0 Å². The lowest BCUT2D eigenvalue weighted by Crippen LogP contribution is -2.43. The molecule has 0 spiro atoms. The number of hydrogen-bond donors (Lipinski definition) is 0. The maximum Gasteiger partial charge on any atom is 0.119 e. The van der Waals surface area contributed by atoms with Crippen LogP contribution in [0.5, 0.6) is 5.75 Å². The summed E-state index contributed by atoms with van der Waals surface area (Å²) >= 11 is 0. The zero-order valence-electron chi connectivity index (χ0n) is 17.3. The summed E-state index contributed by atoms with van der Waals surface area (Å²) in [6.07, 6.45) is 11.5. The van der Waals surface area contributed by atoms with Crippen LogP contribution in [0, 0.1) is 5.92 Å². The molecule has 4 rings (SSSR count). The third-order valence-electron chi connectivity index (χ3n) is 6.61. The zero-order valence-corrected chi connectivity index (χ0v) is 17.3. The molecular formula is C25H33NO2. The van der Waals surface area contributed by atoms with Crippen LogP contribution >= 0.6 is 0 Å². The number of benzene rings is 2. The van der Waals surface area contributed by atoms with Gasteiger partial charge in [-0.15, -0.1) is 0 Å². The summed E-state index contributed by atoms with van der Waals surface area (Å²) in [6, 6.07) is 13.8. The number of methoxy groups -OCH3 is 2. The third kappa shape index (κ3) is 4.20. The molecule has 1 atom stereocenters. The van der Waals surface area contributed by atoms with Crippen LogP contribution in [0.4, 0.5) is 0 Å². The van der Waals surface area contributed by atoms with Crippen molar-refractivity contribution in [3.63, 3.8) is 0 Å². The molecule has 1 saturated heterocycles. The third-order valence-corrected chi connectivity index (χ3v) is 6.61. The molecule has 1 saturated carbocycles. The van der Waals surface area contributed by atoms with E-state index in [0.717, 1.165) is 11.8 Å². The minimum atomic E-state index is 0.548. The Morgan fingerprint density at radius 1 is 0.929 bits per heavy atom. The Morgan fingerprint density at radius 2 is 1.71 bits per heavy atom. The molecule has 1 unspecified atom stereocenters. The summed E-state index contributed by atoms with van der Waals surface area (Å²) in [5.74, 6) is 1.45. The van der Waals surface area contributed by atoms with Crippen LogP contribution in [0.3, 0.4) is 0 Å². The monoisotopic (exact) mass is 379 g/mol. The fourth-order valence-corrected chi connectivity index (χ4v) is 5.10. The fraction of sp³-hybridized carbons (Fsp3) is 0.520. The SMILES string of the molecule is CO/C=C(/c1ccc2cc(OC)ccc2c1)C1CCCN(C2CCCCC2)C1. The van der Waals surface area contributed by atoms with Crippen LogP contribution in [0.2, 0.25) is 0 Å². The van der Waals surface area contributed by atoms with Gasteiger partial charge in [0.25, 0.3) is 0 Å². The topological polar surface area (TPSA) is 21.7 Å². The summed E-state index contributed by atoms with van der Waals surface area (Å²) in [4.78, 5) is 2.77. The summed E-state index contributed by atoms with van der Waals surface area (Å²) in [7, 11) is 3.49. The molecule has 2 aliphatic rings. The number of nitrogens with zero attached hydrogens (tertiary/aromatic N) is 1. The van der Waals surface area contributed by atoms with Gasteiger partial charge < -0.3 is 9.47 Å². The van der Waals surface area contributed by atoms with E-state index in [1.54, 1.807) is 14.2 Å². The van der Waals surface area contributed by atoms with Crippen LogP contribution in [0.25, 0.3) is 16.3 Å². The van der Waals surface area contributed by atoms with E-state index in [2.05, 4.69) is 35.2 Å². The van der Waals surface area contributed by atoms with E-state index in [9.17, 15) is 0 Å². The van der Waals surface area contributed by atoms with E-state index in [0.29, 0.717) is 5.92 Å². The highest BCUT2D eigenvalue weighted by Crippen LogP contribution is 2.35. The van der Waals surface area contributed by atoms with Crippen LogP contribution in [-0.2, 0) is 4.74 Å². The second kappa shape index (κ2) is 9.00. The molecule has 3 nitrogen and oxygen atoms in total.